The average molecular weight is 614 g/mol. The van der Waals surface area contributed by atoms with Crippen molar-refractivity contribution in [3.63, 3.8) is 0 Å². The highest BCUT2D eigenvalue weighted by molar-refractivity contribution is 5.89. The summed E-state index contributed by atoms with van der Waals surface area (Å²) < 4.78 is 0. The van der Waals surface area contributed by atoms with Crippen LogP contribution in [0.15, 0.2) is 0 Å². The Hall–Kier alpha value is -1.02. The van der Waals surface area contributed by atoms with Gasteiger partial charge < -0.3 is 25.3 Å². The summed E-state index contributed by atoms with van der Waals surface area (Å²) in [5.74, 6) is -0.807. The van der Waals surface area contributed by atoms with Gasteiger partial charge >= 0.3 is 0 Å². The molecule has 0 aromatic rings. The number of ketones is 1. The molecule has 4 N–H and O–H groups in total. The molecule has 7 heteroatoms. The molecule has 0 saturated heterocycles. The summed E-state index contributed by atoms with van der Waals surface area (Å²) >= 11 is 0. The summed E-state index contributed by atoms with van der Waals surface area (Å²) in [6.07, 6.45) is 25.9. The summed E-state index contributed by atoms with van der Waals surface area (Å²) in [4.78, 5) is 27.1. The maximum Gasteiger partial charge on any atom is 0.222 e. The van der Waals surface area contributed by atoms with E-state index in [1.165, 1.54) is 127 Å². The predicted molar refractivity (Wildman–Crippen MR) is 178 cm³/mol. The summed E-state index contributed by atoms with van der Waals surface area (Å²) in [7, 11) is 0. The first-order valence-electron chi connectivity index (χ1n) is 18.3. The van der Waals surface area contributed by atoms with Crippen molar-refractivity contribution in [3.05, 3.63) is 0 Å². The van der Waals surface area contributed by atoms with Gasteiger partial charge in [0.1, 0.15) is 18.3 Å². The second-order valence-corrected chi connectivity index (χ2v) is 12.8. The molecule has 0 aromatic carbocycles. The topological polar surface area (TPSA) is 118 Å². The maximum atomic E-state index is 13.0. The van der Waals surface area contributed by atoms with Gasteiger partial charge in [0.15, 0.2) is 5.78 Å². The van der Waals surface area contributed by atoms with Crippen molar-refractivity contribution in [1.29, 1.82) is 0 Å². The highest BCUT2D eigenvalue weighted by Crippen LogP contribution is 2.15. The Labute approximate surface area is 265 Å². The Morgan fingerprint density at radius 1 is 0.535 bits per heavy atom. The van der Waals surface area contributed by atoms with Gasteiger partial charge in [-0.25, -0.2) is 0 Å². The van der Waals surface area contributed by atoms with Gasteiger partial charge in [-0.15, -0.1) is 0 Å². The van der Waals surface area contributed by atoms with Gasteiger partial charge in [0.25, 0.3) is 0 Å². The minimum atomic E-state index is -1.84. The first-order valence-corrected chi connectivity index (χ1v) is 18.3. The Balaban J connectivity index is 4.28. The zero-order valence-corrected chi connectivity index (χ0v) is 28.3. The minimum Gasteiger partial charge on any atom is -0.394 e. The van der Waals surface area contributed by atoms with E-state index in [-0.39, 0.29) is 12.5 Å². The van der Waals surface area contributed by atoms with Crippen LogP contribution in [-0.4, -0.2) is 75.0 Å². The third kappa shape index (κ3) is 24.9. The van der Waals surface area contributed by atoms with Crippen LogP contribution in [0.25, 0.3) is 0 Å². The number of carbonyl (C=O) groups is 2. The van der Waals surface area contributed by atoms with Crippen molar-refractivity contribution in [2.45, 2.75) is 199 Å². The molecule has 0 fully saturated rings. The van der Waals surface area contributed by atoms with E-state index in [0.717, 1.165) is 38.5 Å². The largest absolute Gasteiger partial charge is 0.394 e. The van der Waals surface area contributed by atoms with Gasteiger partial charge in [-0.2, -0.15) is 0 Å². The van der Waals surface area contributed by atoms with Crippen molar-refractivity contribution in [2.75, 3.05) is 19.7 Å². The summed E-state index contributed by atoms with van der Waals surface area (Å²) in [6.45, 7) is 3.89. The molecule has 256 valence electrons. The summed E-state index contributed by atoms with van der Waals surface area (Å²) in [5, 5.41) is 38.7. The number of unbranched alkanes of at least 4 members (excludes halogenated alkanes) is 23. The smallest absolute Gasteiger partial charge is 0.222 e. The van der Waals surface area contributed by atoms with Crippen molar-refractivity contribution in [1.82, 2.24) is 4.90 Å². The van der Waals surface area contributed by atoms with Gasteiger partial charge in [0, 0.05) is 13.0 Å². The van der Waals surface area contributed by atoms with Crippen molar-refractivity contribution in [2.24, 2.45) is 0 Å². The van der Waals surface area contributed by atoms with Crippen LogP contribution in [0, 0.1) is 0 Å². The third-order valence-corrected chi connectivity index (χ3v) is 8.71. The Morgan fingerprint density at radius 2 is 0.884 bits per heavy atom. The zero-order valence-electron chi connectivity index (χ0n) is 28.3. The summed E-state index contributed by atoms with van der Waals surface area (Å²) in [5.41, 5.74) is 0. The lowest BCUT2D eigenvalue weighted by Gasteiger charge is -2.26. The Morgan fingerprint density at radius 3 is 1.26 bits per heavy atom. The molecular weight excluding hydrogens is 542 g/mol. The van der Waals surface area contributed by atoms with E-state index in [0.29, 0.717) is 13.0 Å². The molecule has 0 bridgehead atoms. The molecule has 0 aromatic heterocycles. The lowest BCUT2D eigenvalue weighted by Crippen LogP contribution is -2.48. The second kappa shape index (κ2) is 31.0. The lowest BCUT2D eigenvalue weighted by molar-refractivity contribution is -0.145. The molecule has 1 amide bonds. The standard InChI is InChI=1S/C36H71NO6/c1-3-5-7-9-11-13-14-15-16-17-18-19-21-23-25-27-29-37(30-32(39)35(42)36(43)33(40)31-38)34(41)28-26-24-22-20-12-10-8-6-4-2/h33,35-36,38,40,42-43H,3-31H2,1-2H3/t33-,35-,36-/m1/s1. The molecule has 43 heavy (non-hydrogen) atoms. The van der Waals surface area contributed by atoms with E-state index < -0.39 is 30.7 Å². The van der Waals surface area contributed by atoms with E-state index in [1.54, 1.807) is 0 Å². The fraction of sp³-hybridized carbons (Fsp3) is 0.944. The Bertz CT molecular complexity index is 631. The molecule has 0 aliphatic carbocycles. The average Bonchev–Trinajstić information content (AvgIpc) is 3.01. The summed E-state index contributed by atoms with van der Waals surface area (Å²) in [6, 6.07) is 0. The number of rotatable bonds is 33. The van der Waals surface area contributed by atoms with E-state index in [9.17, 15) is 24.9 Å². The molecule has 0 heterocycles. The normalized spacial score (nSPS) is 13.6. The number of amides is 1. The van der Waals surface area contributed by atoms with Crippen LogP contribution in [0.1, 0.15) is 181 Å². The van der Waals surface area contributed by atoms with Crippen molar-refractivity contribution >= 4 is 11.7 Å². The van der Waals surface area contributed by atoms with Crippen LogP contribution in [0.2, 0.25) is 0 Å². The van der Waals surface area contributed by atoms with E-state index >= 15 is 0 Å². The van der Waals surface area contributed by atoms with E-state index in [1.807, 2.05) is 0 Å². The van der Waals surface area contributed by atoms with Crippen LogP contribution in [-0.2, 0) is 9.59 Å². The first-order chi connectivity index (χ1) is 20.9. The van der Waals surface area contributed by atoms with Crippen LogP contribution >= 0.6 is 0 Å². The third-order valence-electron chi connectivity index (χ3n) is 8.71. The number of nitrogens with zero attached hydrogens (tertiary/aromatic N) is 1. The lowest BCUT2D eigenvalue weighted by atomic mass is 10.0. The fourth-order valence-corrected chi connectivity index (χ4v) is 5.68. The molecule has 0 rings (SSSR count). The quantitative estimate of drug-likeness (QED) is 0.0565. The monoisotopic (exact) mass is 614 g/mol. The van der Waals surface area contributed by atoms with E-state index in [4.69, 9.17) is 5.11 Å². The SMILES string of the molecule is CCCCCCCCCCCCCCCCCCN(CC(=O)[C@@H](O)[C@H](O)[C@H](O)CO)C(=O)CCCCCCCCCCC. The van der Waals surface area contributed by atoms with Gasteiger partial charge in [-0.05, 0) is 12.8 Å². The van der Waals surface area contributed by atoms with Crippen LogP contribution in [0.3, 0.4) is 0 Å². The zero-order chi connectivity index (χ0) is 32.0. The van der Waals surface area contributed by atoms with Crippen LogP contribution in [0.4, 0.5) is 0 Å². The number of Topliss-reactive ketones (excluding diaryl/α,β-unsaturated/α-hetero) is 1. The molecule has 0 radical (unpaired) electrons. The minimum absolute atomic E-state index is 0.0957. The van der Waals surface area contributed by atoms with Gasteiger partial charge in [-0.1, -0.05) is 162 Å². The van der Waals surface area contributed by atoms with Crippen LogP contribution < -0.4 is 0 Å². The number of carbonyl (C=O) groups excluding carboxylic acids is 2. The molecule has 0 saturated carbocycles. The van der Waals surface area contributed by atoms with Gasteiger partial charge in [0.05, 0.1) is 13.2 Å². The molecule has 7 nitrogen and oxygen atoms in total. The number of hydrogen-bond donors (Lipinski definition) is 4. The number of aliphatic hydroxyl groups excluding tert-OH is 4. The molecule has 0 unspecified atom stereocenters. The highest BCUT2D eigenvalue weighted by atomic mass is 16.4. The molecule has 0 aliphatic heterocycles. The predicted octanol–water partition coefficient (Wildman–Crippen LogP) is 7.64. The fourth-order valence-electron chi connectivity index (χ4n) is 5.68. The second-order valence-electron chi connectivity index (χ2n) is 12.8. The van der Waals surface area contributed by atoms with Crippen molar-refractivity contribution in [3.8, 4) is 0 Å². The molecule has 0 aliphatic rings. The molecular formula is C36H71NO6. The number of hydrogen-bond acceptors (Lipinski definition) is 6. The molecule has 3 atom stereocenters. The molecule has 0 spiro atoms. The van der Waals surface area contributed by atoms with Crippen LogP contribution in [0.5, 0.6) is 0 Å². The van der Waals surface area contributed by atoms with E-state index in [2.05, 4.69) is 13.8 Å². The first kappa shape index (κ1) is 42.0. The Kier molecular flexibility index (Phi) is 30.2. The highest BCUT2D eigenvalue weighted by Gasteiger charge is 2.31. The van der Waals surface area contributed by atoms with Gasteiger partial charge in [0.2, 0.25) is 5.91 Å². The maximum absolute atomic E-state index is 13.0. The van der Waals surface area contributed by atoms with Crippen molar-refractivity contribution < 1.29 is 30.0 Å². The van der Waals surface area contributed by atoms with Gasteiger partial charge in [-0.3, -0.25) is 9.59 Å². The number of aliphatic hydroxyl groups is 4.